The fourth-order valence-electron chi connectivity index (χ4n) is 2.67. The van der Waals surface area contributed by atoms with Crippen LogP contribution in [0.25, 0.3) is 0 Å². The number of rotatable bonds is 3. The molecule has 0 radical (unpaired) electrons. The SMILES string of the molecule is CCN(C(N)=NC1CCCCC1)c1ccc(C)cc1. The van der Waals surface area contributed by atoms with Crippen molar-refractivity contribution in [3.05, 3.63) is 29.8 Å². The van der Waals surface area contributed by atoms with E-state index in [4.69, 9.17) is 10.7 Å². The highest BCUT2D eigenvalue weighted by molar-refractivity contribution is 5.94. The first-order valence-corrected chi connectivity index (χ1v) is 7.38. The Labute approximate surface area is 116 Å². The molecule has 1 aliphatic rings. The number of anilines is 1. The molecule has 1 aliphatic carbocycles. The van der Waals surface area contributed by atoms with Crippen LogP contribution < -0.4 is 10.6 Å². The van der Waals surface area contributed by atoms with E-state index in [0.717, 1.165) is 12.2 Å². The van der Waals surface area contributed by atoms with E-state index in [-0.39, 0.29) is 0 Å². The van der Waals surface area contributed by atoms with Gasteiger partial charge in [-0.05, 0) is 38.8 Å². The van der Waals surface area contributed by atoms with E-state index in [1.807, 2.05) is 0 Å². The lowest BCUT2D eigenvalue weighted by atomic mass is 9.96. The first-order valence-electron chi connectivity index (χ1n) is 7.38. The molecular weight excluding hydrogens is 234 g/mol. The summed E-state index contributed by atoms with van der Waals surface area (Å²) in [5.74, 6) is 0.665. The minimum atomic E-state index is 0.424. The van der Waals surface area contributed by atoms with Gasteiger partial charge < -0.3 is 10.6 Å². The zero-order valence-corrected chi connectivity index (χ0v) is 12.1. The lowest BCUT2D eigenvalue weighted by Gasteiger charge is -2.25. The zero-order valence-electron chi connectivity index (χ0n) is 12.1. The van der Waals surface area contributed by atoms with Crippen molar-refractivity contribution in [1.82, 2.24) is 0 Å². The van der Waals surface area contributed by atoms with Crippen LogP contribution in [0, 0.1) is 6.92 Å². The van der Waals surface area contributed by atoms with Crippen LogP contribution in [0.1, 0.15) is 44.6 Å². The van der Waals surface area contributed by atoms with E-state index in [0.29, 0.717) is 12.0 Å². The number of hydrogen-bond acceptors (Lipinski definition) is 1. The third kappa shape index (κ3) is 3.72. The molecule has 0 unspecified atom stereocenters. The third-order valence-corrected chi connectivity index (χ3v) is 3.83. The predicted octanol–water partition coefficient (Wildman–Crippen LogP) is 3.47. The molecule has 3 heteroatoms. The number of hydrogen-bond donors (Lipinski definition) is 1. The molecular formula is C16H25N3. The van der Waals surface area contributed by atoms with Gasteiger partial charge in [-0.25, -0.2) is 4.99 Å². The number of nitrogens with zero attached hydrogens (tertiary/aromatic N) is 2. The van der Waals surface area contributed by atoms with Gasteiger partial charge >= 0.3 is 0 Å². The Balaban J connectivity index is 2.11. The molecule has 0 atom stereocenters. The summed E-state index contributed by atoms with van der Waals surface area (Å²) in [7, 11) is 0. The molecule has 104 valence electrons. The van der Waals surface area contributed by atoms with Gasteiger partial charge in [-0.2, -0.15) is 0 Å². The van der Waals surface area contributed by atoms with Crippen LogP contribution in [-0.4, -0.2) is 18.5 Å². The van der Waals surface area contributed by atoms with Crippen LogP contribution in [0.4, 0.5) is 5.69 Å². The molecule has 1 aromatic carbocycles. The molecule has 19 heavy (non-hydrogen) atoms. The summed E-state index contributed by atoms with van der Waals surface area (Å²) in [6.45, 7) is 5.06. The van der Waals surface area contributed by atoms with Crippen molar-refractivity contribution >= 4 is 11.6 Å². The number of benzene rings is 1. The van der Waals surface area contributed by atoms with E-state index in [1.54, 1.807) is 0 Å². The molecule has 0 aliphatic heterocycles. The normalized spacial score (nSPS) is 17.5. The Morgan fingerprint density at radius 1 is 1.21 bits per heavy atom. The Hall–Kier alpha value is -1.51. The standard InChI is InChI=1S/C16H25N3/c1-3-19(15-11-9-13(2)10-12-15)16(17)18-14-7-5-4-6-8-14/h9-12,14H,3-8H2,1-2H3,(H2,17,18). The number of nitrogens with two attached hydrogens (primary N) is 1. The van der Waals surface area contributed by atoms with Gasteiger partial charge in [0.25, 0.3) is 0 Å². The van der Waals surface area contributed by atoms with Gasteiger partial charge in [0.15, 0.2) is 5.96 Å². The number of guanidine groups is 1. The zero-order chi connectivity index (χ0) is 13.7. The lowest BCUT2D eigenvalue weighted by Crippen LogP contribution is -2.38. The molecule has 0 amide bonds. The molecule has 0 saturated heterocycles. The summed E-state index contributed by atoms with van der Waals surface area (Å²) in [6.07, 6.45) is 6.30. The fourth-order valence-corrected chi connectivity index (χ4v) is 2.67. The Kier molecular flexibility index (Phi) is 4.83. The van der Waals surface area contributed by atoms with Crippen molar-refractivity contribution in [2.24, 2.45) is 10.7 Å². The first kappa shape index (κ1) is 13.9. The minimum Gasteiger partial charge on any atom is -0.370 e. The lowest BCUT2D eigenvalue weighted by molar-refractivity contribution is 0.442. The van der Waals surface area contributed by atoms with E-state index < -0.39 is 0 Å². The summed E-state index contributed by atoms with van der Waals surface area (Å²) in [4.78, 5) is 6.82. The summed E-state index contributed by atoms with van der Waals surface area (Å²) in [5.41, 5.74) is 8.60. The third-order valence-electron chi connectivity index (χ3n) is 3.83. The molecule has 0 bridgehead atoms. The van der Waals surface area contributed by atoms with Crippen molar-refractivity contribution in [1.29, 1.82) is 0 Å². The van der Waals surface area contributed by atoms with Gasteiger partial charge in [0.05, 0.1) is 6.04 Å². The van der Waals surface area contributed by atoms with Crippen LogP contribution in [0.3, 0.4) is 0 Å². The first-order chi connectivity index (χ1) is 9.20. The van der Waals surface area contributed by atoms with Crippen molar-refractivity contribution in [2.75, 3.05) is 11.4 Å². The van der Waals surface area contributed by atoms with Crippen molar-refractivity contribution in [3.63, 3.8) is 0 Å². The average Bonchev–Trinajstić information content (AvgIpc) is 2.43. The Bertz CT molecular complexity index is 416. The molecule has 2 rings (SSSR count). The summed E-state index contributed by atoms with van der Waals surface area (Å²) < 4.78 is 0. The van der Waals surface area contributed by atoms with Crippen LogP contribution in [-0.2, 0) is 0 Å². The van der Waals surface area contributed by atoms with E-state index in [2.05, 4.69) is 43.0 Å². The summed E-state index contributed by atoms with van der Waals surface area (Å²) >= 11 is 0. The van der Waals surface area contributed by atoms with Crippen LogP contribution in [0.15, 0.2) is 29.3 Å². The maximum Gasteiger partial charge on any atom is 0.196 e. The van der Waals surface area contributed by atoms with Gasteiger partial charge in [-0.1, -0.05) is 37.0 Å². The highest BCUT2D eigenvalue weighted by atomic mass is 15.3. The van der Waals surface area contributed by atoms with Crippen LogP contribution in [0.5, 0.6) is 0 Å². The summed E-state index contributed by atoms with van der Waals surface area (Å²) in [6, 6.07) is 8.88. The second kappa shape index (κ2) is 6.60. The molecule has 1 saturated carbocycles. The molecule has 2 N–H and O–H groups in total. The maximum atomic E-state index is 6.21. The largest absolute Gasteiger partial charge is 0.370 e. The van der Waals surface area contributed by atoms with E-state index in [1.165, 1.54) is 37.7 Å². The van der Waals surface area contributed by atoms with Gasteiger partial charge in [0.2, 0.25) is 0 Å². The van der Waals surface area contributed by atoms with Crippen molar-refractivity contribution in [2.45, 2.75) is 52.0 Å². The molecule has 1 aromatic rings. The molecule has 0 heterocycles. The van der Waals surface area contributed by atoms with Gasteiger partial charge in [0, 0.05) is 12.2 Å². The van der Waals surface area contributed by atoms with Crippen molar-refractivity contribution < 1.29 is 0 Å². The molecule has 1 fully saturated rings. The predicted molar refractivity (Wildman–Crippen MR) is 82.7 cm³/mol. The Morgan fingerprint density at radius 2 is 1.84 bits per heavy atom. The van der Waals surface area contributed by atoms with Gasteiger partial charge in [-0.3, -0.25) is 0 Å². The van der Waals surface area contributed by atoms with Gasteiger partial charge in [0.1, 0.15) is 0 Å². The van der Waals surface area contributed by atoms with Crippen LogP contribution in [0.2, 0.25) is 0 Å². The maximum absolute atomic E-state index is 6.21. The number of aliphatic imine (C=N–C) groups is 1. The highest BCUT2D eigenvalue weighted by Gasteiger charge is 2.15. The van der Waals surface area contributed by atoms with Crippen LogP contribution >= 0.6 is 0 Å². The second-order valence-electron chi connectivity index (χ2n) is 5.36. The molecule has 3 nitrogen and oxygen atoms in total. The quantitative estimate of drug-likeness (QED) is 0.667. The summed E-state index contributed by atoms with van der Waals surface area (Å²) in [5, 5.41) is 0. The smallest absolute Gasteiger partial charge is 0.196 e. The minimum absolute atomic E-state index is 0.424. The topological polar surface area (TPSA) is 41.6 Å². The second-order valence-corrected chi connectivity index (χ2v) is 5.36. The average molecular weight is 259 g/mol. The van der Waals surface area contributed by atoms with E-state index in [9.17, 15) is 0 Å². The fraction of sp³-hybridized carbons (Fsp3) is 0.562. The monoisotopic (exact) mass is 259 g/mol. The number of aryl methyl sites for hydroxylation is 1. The molecule has 0 spiro atoms. The highest BCUT2D eigenvalue weighted by Crippen LogP contribution is 2.21. The van der Waals surface area contributed by atoms with Gasteiger partial charge in [-0.15, -0.1) is 0 Å². The molecule has 0 aromatic heterocycles. The Morgan fingerprint density at radius 3 is 2.42 bits per heavy atom. The van der Waals surface area contributed by atoms with E-state index >= 15 is 0 Å². The van der Waals surface area contributed by atoms with Crippen molar-refractivity contribution in [3.8, 4) is 0 Å².